The lowest BCUT2D eigenvalue weighted by Crippen LogP contribution is -2.54. The van der Waals surface area contributed by atoms with E-state index in [9.17, 15) is 9.59 Å². The topological polar surface area (TPSA) is 68.9 Å². The van der Waals surface area contributed by atoms with Gasteiger partial charge in [-0.15, -0.1) is 0 Å². The van der Waals surface area contributed by atoms with E-state index in [2.05, 4.69) is 35.0 Å². The third kappa shape index (κ3) is 4.82. The second-order valence-corrected chi connectivity index (χ2v) is 11.5. The summed E-state index contributed by atoms with van der Waals surface area (Å²) in [6.45, 7) is 5.70. The van der Waals surface area contributed by atoms with Crippen molar-refractivity contribution in [3.8, 4) is 0 Å². The number of piperazine rings is 1. The maximum Gasteiger partial charge on any atom is 0.254 e. The van der Waals surface area contributed by atoms with E-state index in [1.807, 2.05) is 58.5 Å². The van der Waals surface area contributed by atoms with Crippen LogP contribution in [-0.2, 0) is 16.0 Å². The van der Waals surface area contributed by atoms with Crippen LogP contribution in [-0.4, -0.2) is 73.0 Å². The van der Waals surface area contributed by atoms with Gasteiger partial charge in [0.25, 0.3) is 5.91 Å². The zero-order valence-electron chi connectivity index (χ0n) is 23.0. The van der Waals surface area contributed by atoms with Crippen molar-refractivity contribution in [3.63, 3.8) is 0 Å². The summed E-state index contributed by atoms with van der Waals surface area (Å²) in [4.78, 5) is 38.1. The van der Waals surface area contributed by atoms with Crippen molar-refractivity contribution in [1.29, 1.82) is 0 Å². The molecule has 8 heteroatoms. The van der Waals surface area contributed by atoms with Gasteiger partial charge >= 0.3 is 0 Å². The first kappa shape index (κ1) is 26.7. The number of anilines is 1. The number of allylic oxidation sites excluding steroid dienone is 1. The Hall–Kier alpha value is -3.55. The summed E-state index contributed by atoms with van der Waals surface area (Å²) in [7, 11) is 1.64. The number of fused-ring (bicyclic) bond motifs is 2. The molecular weight excluding hydrogens is 524 g/mol. The Morgan fingerprint density at radius 3 is 2.65 bits per heavy atom. The Bertz CT molecular complexity index is 1440. The first-order valence-electron chi connectivity index (χ1n) is 14.0. The van der Waals surface area contributed by atoms with Crippen LogP contribution >= 0.6 is 0 Å². The van der Waals surface area contributed by atoms with E-state index < -0.39 is 12.0 Å². The minimum absolute atomic E-state index is 0.0512. The highest BCUT2D eigenvalue weighted by atomic mass is 35.5. The fourth-order valence-electron chi connectivity index (χ4n) is 6.48. The first-order valence-corrected chi connectivity index (χ1v) is 14.4. The van der Waals surface area contributed by atoms with Crippen LogP contribution in [0, 0.1) is 17.5 Å². The van der Waals surface area contributed by atoms with Crippen molar-refractivity contribution >= 4 is 23.6 Å². The molecule has 0 spiro atoms. The summed E-state index contributed by atoms with van der Waals surface area (Å²) in [5, 5.41) is 0.817. The number of hydrogen-bond acceptors (Lipinski definition) is 4. The number of nitrogens with one attached hydrogen (secondary N) is 1. The number of hydrogen-bond donors (Lipinski definition) is 1. The molecule has 3 unspecified atom stereocenters. The number of halogens is 1. The molecule has 208 valence electrons. The standard InChI is InChI=1S/C32H36ClN4O3/c1-21-10-11-28-26(18-21)27(20-34-28)30-29(24-8-3-4-9-25(24)31(38)37(30)16-17-40-2)32(39)36-14-12-35(13-15-36)23-7-5-6-22(33)19-23/h3-11,19-21,29-30,33-34H,12-18H2,1-2H3/q+1. The molecular formula is C32H36ClN4O3+. The number of rotatable bonds is 6. The normalized spacial score (nSPS) is 22.3. The van der Waals surface area contributed by atoms with Gasteiger partial charge < -0.3 is 24.4 Å². The van der Waals surface area contributed by atoms with Crippen molar-refractivity contribution in [2.75, 3.05) is 51.3 Å². The lowest BCUT2D eigenvalue weighted by atomic mass is 9.77. The van der Waals surface area contributed by atoms with Gasteiger partial charge in [0.05, 0.1) is 18.6 Å². The number of aromatic nitrogens is 1. The Kier molecular flexibility index (Phi) is 7.43. The molecule has 1 aliphatic carbocycles. The van der Waals surface area contributed by atoms with Gasteiger partial charge in [0, 0.05) is 75.1 Å². The highest BCUT2D eigenvalue weighted by molar-refractivity contribution is 6.01. The van der Waals surface area contributed by atoms with Crippen LogP contribution in [0.4, 0.5) is 5.69 Å². The van der Waals surface area contributed by atoms with Crippen molar-refractivity contribution in [2.24, 2.45) is 5.92 Å². The number of nitrogens with zero attached hydrogens (tertiary/aromatic N) is 3. The Morgan fingerprint density at radius 2 is 1.88 bits per heavy atom. The SMILES string of the molecule is COCCN1C(=O)c2ccccc2C(C(=O)N2CCN(c3cccc([ClH+])c3)CC2)C1c1c[nH]c2c1CC(C)C=C2. The van der Waals surface area contributed by atoms with Crippen LogP contribution in [0.5, 0.6) is 0 Å². The summed E-state index contributed by atoms with van der Waals surface area (Å²) < 4.78 is 5.43. The van der Waals surface area contributed by atoms with Crippen LogP contribution < -0.4 is 4.90 Å². The number of carbonyl (C=O) groups is 2. The van der Waals surface area contributed by atoms with Crippen LogP contribution in [0.3, 0.4) is 0 Å². The van der Waals surface area contributed by atoms with Gasteiger partial charge in [0.15, 0.2) is 11.6 Å². The second-order valence-electron chi connectivity index (χ2n) is 11.0. The molecule has 6 rings (SSSR count). The lowest BCUT2D eigenvalue weighted by molar-refractivity contribution is -0.288. The molecule has 2 aliphatic heterocycles. The van der Waals surface area contributed by atoms with Gasteiger partial charge in [-0.1, -0.05) is 37.3 Å². The number of benzene rings is 2. The highest BCUT2D eigenvalue weighted by Crippen LogP contribution is 2.46. The van der Waals surface area contributed by atoms with Gasteiger partial charge in [0.2, 0.25) is 10.9 Å². The average molecular weight is 560 g/mol. The number of carbonyl (C=O) groups excluding carboxylic acids is 2. The van der Waals surface area contributed by atoms with E-state index >= 15 is 0 Å². The number of H-pyrrole nitrogens is 1. The maximum atomic E-state index is 14.6. The summed E-state index contributed by atoms with van der Waals surface area (Å²) in [6.07, 6.45) is 7.21. The quantitative estimate of drug-likeness (QED) is 0.492. The fraction of sp³-hybridized carbons (Fsp3) is 0.375. The van der Waals surface area contributed by atoms with Crippen molar-refractivity contribution in [1.82, 2.24) is 14.8 Å². The maximum absolute atomic E-state index is 14.6. The van der Waals surface area contributed by atoms with Crippen molar-refractivity contribution in [2.45, 2.75) is 25.3 Å². The predicted octanol–water partition coefficient (Wildman–Crippen LogP) is 4.19. The molecule has 0 saturated carbocycles. The van der Waals surface area contributed by atoms with E-state index in [4.69, 9.17) is 16.3 Å². The molecule has 3 atom stereocenters. The van der Waals surface area contributed by atoms with E-state index in [0.717, 1.165) is 47.0 Å². The van der Waals surface area contributed by atoms with E-state index in [1.165, 1.54) is 5.56 Å². The van der Waals surface area contributed by atoms with E-state index in [0.29, 0.717) is 37.7 Å². The fourth-order valence-corrected chi connectivity index (χ4v) is 6.68. The molecule has 3 aliphatic rings. The molecule has 0 radical (unpaired) electrons. The summed E-state index contributed by atoms with van der Waals surface area (Å²) >= 11 is 5.37. The Balaban J connectivity index is 1.37. The molecule has 40 heavy (non-hydrogen) atoms. The van der Waals surface area contributed by atoms with Crippen molar-refractivity contribution < 1.29 is 25.9 Å². The Labute approximate surface area is 240 Å². The molecule has 1 saturated heterocycles. The molecule has 3 heterocycles. The van der Waals surface area contributed by atoms with Gasteiger partial charge in [-0.2, -0.15) is 0 Å². The molecule has 2 aromatic carbocycles. The minimum atomic E-state index is -0.505. The van der Waals surface area contributed by atoms with Crippen LogP contribution in [0.25, 0.3) is 6.08 Å². The molecule has 1 aromatic heterocycles. The van der Waals surface area contributed by atoms with Crippen molar-refractivity contribution in [3.05, 3.63) is 93.8 Å². The smallest absolute Gasteiger partial charge is 0.254 e. The number of ether oxygens (including phenoxy) is 1. The van der Waals surface area contributed by atoms with Crippen LogP contribution in [0.1, 0.15) is 51.6 Å². The summed E-state index contributed by atoms with van der Waals surface area (Å²) in [6, 6.07) is 15.2. The van der Waals surface area contributed by atoms with Gasteiger partial charge in [-0.25, -0.2) is 0 Å². The van der Waals surface area contributed by atoms with Gasteiger partial charge in [0.1, 0.15) is 0 Å². The molecule has 1 N–H and O–H groups in total. The third-order valence-electron chi connectivity index (χ3n) is 8.51. The third-order valence-corrected chi connectivity index (χ3v) is 8.76. The molecule has 1 fully saturated rings. The summed E-state index contributed by atoms with van der Waals surface area (Å²) in [5.41, 5.74) is 5.80. The molecule has 0 bridgehead atoms. The van der Waals surface area contributed by atoms with E-state index in [-0.39, 0.29) is 11.8 Å². The highest BCUT2D eigenvalue weighted by Gasteiger charge is 2.47. The monoisotopic (exact) mass is 559 g/mol. The van der Waals surface area contributed by atoms with E-state index in [1.54, 1.807) is 7.11 Å². The number of aromatic amines is 1. The Morgan fingerprint density at radius 1 is 1.07 bits per heavy atom. The minimum Gasteiger partial charge on any atom is -0.383 e. The van der Waals surface area contributed by atoms with Gasteiger partial charge in [-0.3, -0.25) is 9.59 Å². The zero-order chi connectivity index (χ0) is 27.8. The van der Waals surface area contributed by atoms with Crippen LogP contribution in [0.2, 0.25) is 5.02 Å². The largest absolute Gasteiger partial charge is 0.383 e. The van der Waals surface area contributed by atoms with Crippen LogP contribution in [0.15, 0.2) is 60.8 Å². The predicted molar refractivity (Wildman–Crippen MR) is 153 cm³/mol. The lowest BCUT2D eigenvalue weighted by Gasteiger charge is -2.45. The van der Waals surface area contributed by atoms with Gasteiger partial charge in [-0.05, 0) is 47.2 Å². The number of amides is 2. The zero-order valence-corrected chi connectivity index (χ0v) is 23.8. The molecule has 3 aromatic rings. The summed E-state index contributed by atoms with van der Waals surface area (Å²) in [5.74, 6) is -0.102. The number of methoxy groups -OCH3 is 1. The molecule has 2 amide bonds. The first-order chi connectivity index (χ1) is 19.5. The molecule has 7 nitrogen and oxygen atoms in total. The average Bonchev–Trinajstić information content (AvgIpc) is 3.39. The second kappa shape index (κ2) is 11.1.